The van der Waals surface area contributed by atoms with Crippen LogP contribution in [-0.4, -0.2) is 6.61 Å². The minimum atomic E-state index is 0.281. The lowest BCUT2D eigenvalue weighted by Gasteiger charge is -2.25. The van der Waals surface area contributed by atoms with Crippen LogP contribution in [0.5, 0.6) is 0 Å². The summed E-state index contributed by atoms with van der Waals surface area (Å²) in [7, 11) is 0. The summed E-state index contributed by atoms with van der Waals surface area (Å²) in [6, 6.07) is 36.7. The molecule has 0 saturated carbocycles. The normalized spacial score (nSPS) is 15.1. The number of rotatable bonds is 5. The fourth-order valence-electron chi connectivity index (χ4n) is 3.65. The van der Waals surface area contributed by atoms with Crippen molar-refractivity contribution < 1.29 is 4.74 Å². The highest BCUT2D eigenvalue weighted by atomic mass is 16.6. The van der Waals surface area contributed by atoms with Gasteiger partial charge >= 0.3 is 0 Å². The number of anilines is 3. The smallest absolute Gasteiger partial charge is 0.106 e. The minimum absolute atomic E-state index is 0.281. The van der Waals surface area contributed by atoms with Gasteiger partial charge in [-0.05, 0) is 60.0 Å². The fraction of sp³-hybridized carbons (Fsp3) is 0.111. The maximum Gasteiger partial charge on any atom is 0.106 e. The Bertz CT molecular complexity index is 1080. The quantitative estimate of drug-likeness (QED) is 0.342. The number of hydrogen-bond donors (Lipinski definition) is 0. The van der Waals surface area contributed by atoms with Crippen molar-refractivity contribution in [2.24, 2.45) is 0 Å². The largest absolute Gasteiger partial charge is 0.368 e. The molecule has 0 aliphatic carbocycles. The average Bonchev–Trinajstić information content (AvgIpc) is 3.62. The van der Waals surface area contributed by atoms with Crippen LogP contribution < -0.4 is 4.90 Å². The Morgan fingerprint density at radius 1 is 0.621 bits per heavy atom. The molecule has 0 aromatic heterocycles. The molecule has 0 bridgehead atoms. The highest BCUT2D eigenvalue weighted by molar-refractivity contribution is 5.78. The molecule has 4 aromatic carbocycles. The zero-order valence-corrected chi connectivity index (χ0v) is 16.5. The molecule has 2 heteroatoms. The van der Waals surface area contributed by atoms with Crippen molar-refractivity contribution in [1.29, 1.82) is 0 Å². The van der Waals surface area contributed by atoms with Crippen molar-refractivity contribution in [3.05, 3.63) is 114 Å². The molecule has 1 aliphatic heterocycles. The Kier molecular flexibility index (Phi) is 4.63. The molecule has 1 unspecified atom stereocenters. The molecule has 0 amide bonds. The van der Waals surface area contributed by atoms with Gasteiger partial charge in [-0.25, -0.2) is 0 Å². The van der Waals surface area contributed by atoms with Crippen LogP contribution in [0.1, 0.15) is 17.2 Å². The van der Waals surface area contributed by atoms with Crippen molar-refractivity contribution in [1.82, 2.24) is 0 Å². The zero-order valence-electron chi connectivity index (χ0n) is 16.5. The summed E-state index contributed by atoms with van der Waals surface area (Å²) in [5.41, 5.74) is 8.42. The molecule has 1 fully saturated rings. The summed E-state index contributed by atoms with van der Waals surface area (Å²) in [5.74, 6) is 0. The van der Waals surface area contributed by atoms with E-state index >= 15 is 0 Å². The molecule has 0 radical (unpaired) electrons. The van der Waals surface area contributed by atoms with Crippen LogP contribution in [0.2, 0.25) is 0 Å². The van der Waals surface area contributed by atoms with Crippen LogP contribution in [-0.2, 0) is 4.74 Å². The van der Waals surface area contributed by atoms with E-state index < -0.39 is 0 Å². The van der Waals surface area contributed by atoms with Gasteiger partial charge in [0.05, 0.1) is 6.61 Å². The molecule has 1 atom stereocenters. The van der Waals surface area contributed by atoms with Crippen LogP contribution >= 0.6 is 0 Å². The molecule has 0 spiro atoms. The minimum Gasteiger partial charge on any atom is -0.368 e. The molecule has 1 heterocycles. The summed E-state index contributed by atoms with van der Waals surface area (Å²) in [5, 5.41) is 0. The summed E-state index contributed by atoms with van der Waals surface area (Å²) in [6.07, 6.45) is 0.281. The SMILES string of the molecule is Cc1ccc(-c2ccc(N(c3ccccc3)c3ccc(C4CO4)cc3)cc2)cc1. The van der Waals surface area contributed by atoms with Crippen LogP contribution in [0.4, 0.5) is 17.1 Å². The maximum absolute atomic E-state index is 5.41. The van der Waals surface area contributed by atoms with Gasteiger partial charge in [-0.1, -0.05) is 72.3 Å². The van der Waals surface area contributed by atoms with Gasteiger partial charge < -0.3 is 9.64 Å². The number of epoxide rings is 1. The van der Waals surface area contributed by atoms with Crippen molar-refractivity contribution in [3.8, 4) is 11.1 Å². The molecular formula is C27H23NO. The van der Waals surface area contributed by atoms with Crippen molar-refractivity contribution in [2.45, 2.75) is 13.0 Å². The van der Waals surface area contributed by atoms with Gasteiger partial charge in [0, 0.05) is 17.1 Å². The first kappa shape index (κ1) is 17.7. The van der Waals surface area contributed by atoms with Gasteiger partial charge in [0.1, 0.15) is 6.10 Å². The predicted molar refractivity (Wildman–Crippen MR) is 120 cm³/mol. The molecule has 142 valence electrons. The van der Waals surface area contributed by atoms with E-state index in [0.29, 0.717) is 0 Å². The van der Waals surface area contributed by atoms with E-state index in [4.69, 9.17) is 4.74 Å². The monoisotopic (exact) mass is 377 g/mol. The lowest BCUT2D eigenvalue weighted by Crippen LogP contribution is -2.09. The fourth-order valence-corrected chi connectivity index (χ4v) is 3.65. The summed E-state index contributed by atoms with van der Waals surface area (Å²) >= 11 is 0. The number of nitrogens with zero attached hydrogens (tertiary/aromatic N) is 1. The Morgan fingerprint density at radius 2 is 1.10 bits per heavy atom. The van der Waals surface area contributed by atoms with Crippen LogP contribution in [0.3, 0.4) is 0 Å². The van der Waals surface area contributed by atoms with Gasteiger partial charge in [0.15, 0.2) is 0 Å². The number of ether oxygens (including phenoxy) is 1. The third-order valence-electron chi connectivity index (χ3n) is 5.38. The van der Waals surface area contributed by atoms with E-state index in [-0.39, 0.29) is 6.10 Å². The van der Waals surface area contributed by atoms with Crippen LogP contribution in [0, 0.1) is 6.92 Å². The number of hydrogen-bond acceptors (Lipinski definition) is 2. The lowest BCUT2D eigenvalue weighted by atomic mass is 10.0. The molecule has 2 nitrogen and oxygen atoms in total. The third kappa shape index (κ3) is 3.80. The molecular weight excluding hydrogens is 354 g/mol. The third-order valence-corrected chi connectivity index (χ3v) is 5.38. The Hall–Kier alpha value is -3.36. The highest BCUT2D eigenvalue weighted by Crippen LogP contribution is 2.37. The van der Waals surface area contributed by atoms with Crippen LogP contribution in [0.25, 0.3) is 11.1 Å². The first-order chi connectivity index (χ1) is 14.3. The second-order valence-corrected chi connectivity index (χ2v) is 7.50. The first-order valence-corrected chi connectivity index (χ1v) is 10.0. The van der Waals surface area contributed by atoms with Crippen molar-refractivity contribution in [3.63, 3.8) is 0 Å². The number of aryl methyl sites for hydroxylation is 1. The van der Waals surface area contributed by atoms with Crippen LogP contribution in [0.15, 0.2) is 103 Å². The Morgan fingerprint density at radius 3 is 1.66 bits per heavy atom. The molecule has 29 heavy (non-hydrogen) atoms. The summed E-state index contributed by atoms with van der Waals surface area (Å²) in [4.78, 5) is 2.29. The first-order valence-electron chi connectivity index (χ1n) is 10.0. The number of benzene rings is 4. The van der Waals surface area contributed by atoms with Gasteiger partial charge in [-0.3, -0.25) is 0 Å². The molecule has 0 N–H and O–H groups in total. The predicted octanol–water partition coefficient (Wildman–Crippen LogP) is 7.20. The topological polar surface area (TPSA) is 15.8 Å². The van der Waals surface area contributed by atoms with E-state index in [0.717, 1.165) is 23.7 Å². The highest BCUT2D eigenvalue weighted by Gasteiger charge is 2.24. The molecule has 4 aromatic rings. The van der Waals surface area contributed by atoms with Gasteiger partial charge in [0.25, 0.3) is 0 Å². The second-order valence-electron chi connectivity index (χ2n) is 7.50. The molecule has 1 aliphatic rings. The van der Waals surface area contributed by atoms with Crippen molar-refractivity contribution >= 4 is 17.1 Å². The Balaban J connectivity index is 1.51. The van der Waals surface area contributed by atoms with E-state index in [2.05, 4.69) is 115 Å². The maximum atomic E-state index is 5.41. The second kappa shape index (κ2) is 7.57. The van der Waals surface area contributed by atoms with E-state index in [1.807, 2.05) is 0 Å². The summed E-state index contributed by atoms with van der Waals surface area (Å²) < 4.78 is 5.41. The van der Waals surface area contributed by atoms with E-state index in [1.54, 1.807) is 0 Å². The average molecular weight is 377 g/mol. The van der Waals surface area contributed by atoms with Crippen molar-refractivity contribution in [2.75, 3.05) is 11.5 Å². The zero-order chi connectivity index (χ0) is 19.6. The molecule has 1 saturated heterocycles. The number of para-hydroxylation sites is 1. The lowest BCUT2D eigenvalue weighted by molar-refractivity contribution is 0.415. The van der Waals surface area contributed by atoms with Gasteiger partial charge in [-0.15, -0.1) is 0 Å². The van der Waals surface area contributed by atoms with Gasteiger partial charge in [-0.2, -0.15) is 0 Å². The van der Waals surface area contributed by atoms with E-state index in [1.165, 1.54) is 22.3 Å². The molecule has 5 rings (SSSR count). The Labute approximate surface area is 172 Å². The van der Waals surface area contributed by atoms with Gasteiger partial charge in [0.2, 0.25) is 0 Å². The van der Waals surface area contributed by atoms with E-state index in [9.17, 15) is 0 Å². The summed E-state index contributed by atoms with van der Waals surface area (Å²) in [6.45, 7) is 2.95. The standard InChI is InChI=1S/C27H23NO/c1-20-7-9-21(10-8-20)22-11-15-25(16-12-22)28(24-5-3-2-4-6-24)26-17-13-23(14-18-26)27-19-29-27/h2-18,27H,19H2,1H3.